The predicted octanol–water partition coefficient (Wildman–Crippen LogP) is 1.45. The van der Waals surface area contributed by atoms with Crippen LogP contribution in [0.15, 0.2) is 30.6 Å². The molecule has 0 unspecified atom stereocenters. The number of benzene rings is 1. The van der Waals surface area contributed by atoms with Gasteiger partial charge in [-0.1, -0.05) is 6.07 Å². The molecule has 150 valence electrons. The van der Waals surface area contributed by atoms with E-state index in [4.69, 9.17) is 5.11 Å². The number of ketones is 1. The van der Waals surface area contributed by atoms with Crippen LogP contribution in [-0.2, 0) is 16.0 Å². The quantitative estimate of drug-likeness (QED) is 0.588. The van der Waals surface area contributed by atoms with Crippen molar-refractivity contribution in [3.8, 4) is 17.3 Å². The lowest BCUT2D eigenvalue weighted by Crippen LogP contribution is -2.39. The summed E-state index contributed by atoms with van der Waals surface area (Å²) in [6.07, 6.45) is 5.46. The van der Waals surface area contributed by atoms with Crippen LogP contribution in [0.4, 0.5) is 5.69 Å². The molecule has 0 aliphatic heterocycles. The van der Waals surface area contributed by atoms with Gasteiger partial charge in [0.1, 0.15) is 17.9 Å². The third-order valence-electron chi connectivity index (χ3n) is 4.71. The first-order chi connectivity index (χ1) is 14.0. The molecular weight excluding hydrogens is 370 g/mol. The highest BCUT2D eigenvalue weighted by Gasteiger charge is 2.29. The molecule has 0 bridgehead atoms. The van der Waals surface area contributed by atoms with Crippen LogP contribution in [0.2, 0.25) is 0 Å². The molecular formula is C21H23N5O3. The van der Waals surface area contributed by atoms with E-state index in [0.29, 0.717) is 29.1 Å². The standard InChI is InChI=1S/C21H23N5O3/c1-13(21(29)23-6-7-27)26-18-8-15(4-5-16(18)10-22)19-12-24-17(11-25-19)9-20(28)14-2-3-14/h4-5,8,11-14,26-27H,2-3,6-7,9H2,1H3,(H,23,29)/t13-/m0/s1. The van der Waals surface area contributed by atoms with E-state index in [1.807, 2.05) is 0 Å². The number of nitrogens with one attached hydrogen (secondary N) is 2. The Balaban J connectivity index is 1.74. The van der Waals surface area contributed by atoms with Gasteiger partial charge in [-0.25, -0.2) is 0 Å². The SMILES string of the molecule is C[C@H](Nc1cc(-c2cnc(CC(=O)C3CC3)cn2)ccc1C#N)C(=O)NCCO. The van der Waals surface area contributed by atoms with E-state index in [1.54, 1.807) is 37.5 Å². The fraction of sp³-hybridized carbons (Fsp3) is 0.381. The number of anilines is 1. The summed E-state index contributed by atoms with van der Waals surface area (Å²) in [6, 6.07) is 6.67. The molecule has 1 aliphatic rings. The minimum absolute atomic E-state index is 0.141. The Morgan fingerprint density at radius 1 is 1.31 bits per heavy atom. The number of nitriles is 1. The van der Waals surface area contributed by atoms with E-state index in [-0.39, 0.29) is 30.8 Å². The van der Waals surface area contributed by atoms with Gasteiger partial charge in [-0.2, -0.15) is 5.26 Å². The molecule has 3 N–H and O–H groups in total. The molecule has 1 aliphatic carbocycles. The van der Waals surface area contributed by atoms with E-state index >= 15 is 0 Å². The van der Waals surface area contributed by atoms with Gasteiger partial charge >= 0.3 is 0 Å². The van der Waals surface area contributed by atoms with Gasteiger partial charge in [0.05, 0.1) is 41.9 Å². The number of Topliss-reactive ketones (excluding diaryl/α,β-unsaturated/α-hetero) is 1. The van der Waals surface area contributed by atoms with E-state index in [2.05, 4.69) is 26.7 Å². The lowest BCUT2D eigenvalue weighted by molar-refractivity contribution is -0.121. The molecule has 8 nitrogen and oxygen atoms in total. The Kier molecular flexibility index (Phi) is 6.52. The fourth-order valence-electron chi connectivity index (χ4n) is 2.87. The average Bonchev–Trinajstić information content (AvgIpc) is 3.58. The fourth-order valence-corrected chi connectivity index (χ4v) is 2.87. The summed E-state index contributed by atoms with van der Waals surface area (Å²) in [7, 11) is 0. The Morgan fingerprint density at radius 2 is 2.10 bits per heavy atom. The molecule has 1 heterocycles. The van der Waals surface area contributed by atoms with Gasteiger partial charge in [-0.05, 0) is 31.9 Å². The first-order valence-corrected chi connectivity index (χ1v) is 9.55. The third-order valence-corrected chi connectivity index (χ3v) is 4.71. The van der Waals surface area contributed by atoms with Crippen LogP contribution in [0, 0.1) is 17.2 Å². The lowest BCUT2D eigenvalue weighted by Gasteiger charge is -2.16. The highest BCUT2D eigenvalue weighted by molar-refractivity contribution is 5.85. The second kappa shape index (κ2) is 9.26. The topological polar surface area (TPSA) is 128 Å². The molecule has 1 fully saturated rings. The van der Waals surface area contributed by atoms with Crippen molar-refractivity contribution in [2.45, 2.75) is 32.2 Å². The Hall–Kier alpha value is -3.31. The maximum Gasteiger partial charge on any atom is 0.242 e. The summed E-state index contributed by atoms with van der Waals surface area (Å²) in [5.74, 6) is 0.128. The normalized spacial score (nSPS) is 14.0. The van der Waals surface area contributed by atoms with Crippen LogP contribution < -0.4 is 10.6 Å². The number of amides is 1. The van der Waals surface area contributed by atoms with Gasteiger partial charge in [0.25, 0.3) is 0 Å². The molecule has 1 aromatic carbocycles. The molecule has 0 saturated heterocycles. The van der Waals surface area contributed by atoms with Gasteiger partial charge in [-0.3, -0.25) is 19.6 Å². The second-order valence-electron chi connectivity index (χ2n) is 7.06. The number of aliphatic hydroxyl groups is 1. The summed E-state index contributed by atoms with van der Waals surface area (Å²) in [5, 5.41) is 23.8. The van der Waals surface area contributed by atoms with E-state index in [9.17, 15) is 14.9 Å². The van der Waals surface area contributed by atoms with Crippen LogP contribution in [0.1, 0.15) is 31.0 Å². The van der Waals surface area contributed by atoms with Crippen LogP contribution in [0.25, 0.3) is 11.3 Å². The summed E-state index contributed by atoms with van der Waals surface area (Å²) in [6.45, 7) is 1.70. The molecule has 29 heavy (non-hydrogen) atoms. The van der Waals surface area contributed by atoms with Gasteiger partial charge in [-0.15, -0.1) is 0 Å². The first-order valence-electron chi connectivity index (χ1n) is 9.55. The maximum atomic E-state index is 12.0. The van der Waals surface area contributed by atoms with Crippen LogP contribution >= 0.6 is 0 Å². The summed E-state index contributed by atoms with van der Waals surface area (Å²) in [4.78, 5) is 32.7. The molecule has 8 heteroatoms. The van der Waals surface area contributed by atoms with Gasteiger partial charge in [0, 0.05) is 24.2 Å². The number of aromatic nitrogens is 2. The molecule has 1 saturated carbocycles. The third kappa shape index (κ3) is 5.36. The van der Waals surface area contributed by atoms with Gasteiger partial charge in [0.2, 0.25) is 5.91 Å². The van der Waals surface area contributed by atoms with E-state index in [1.165, 1.54) is 0 Å². The Labute approximate surface area is 169 Å². The van der Waals surface area contributed by atoms with Crippen molar-refractivity contribution >= 4 is 17.4 Å². The smallest absolute Gasteiger partial charge is 0.242 e. The molecule has 3 rings (SSSR count). The molecule has 1 atom stereocenters. The van der Waals surface area contributed by atoms with Gasteiger partial charge in [0.15, 0.2) is 0 Å². The van der Waals surface area contributed by atoms with Crippen molar-refractivity contribution in [2.24, 2.45) is 5.92 Å². The van der Waals surface area contributed by atoms with Crippen molar-refractivity contribution in [1.29, 1.82) is 5.26 Å². The number of hydrogen-bond donors (Lipinski definition) is 3. The average molecular weight is 393 g/mol. The molecule has 0 spiro atoms. The van der Waals surface area contributed by atoms with Crippen LogP contribution in [-0.4, -0.2) is 46.0 Å². The zero-order valence-corrected chi connectivity index (χ0v) is 16.2. The van der Waals surface area contributed by atoms with Crippen LogP contribution in [0.5, 0.6) is 0 Å². The lowest BCUT2D eigenvalue weighted by atomic mass is 10.1. The number of carbonyl (C=O) groups excluding carboxylic acids is 2. The highest BCUT2D eigenvalue weighted by Crippen LogP contribution is 2.31. The number of rotatable bonds is 9. The Morgan fingerprint density at radius 3 is 2.72 bits per heavy atom. The maximum absolute atomic E-state index is 12.0. The second-order valence-corrected chi connectivity index (χ2v) is 7.06. The van der Waals surface area contributed by atoms with Crippen molar-refractivity contribution in [2.75, 3.05) is 18.5 Å². The molecule has 2 aromatic rings. The number of nitrogens with zero attached hydrogens (tertiary/aromatic N) is 3. The number of hydrogen-bond acceptors (Lipinski definition) is 7. The summed E-state index contributed by atoms with van der Waals surface area (Å²) >= 11 is 0. The zero-order valence-electron chi connectivity index (χ0n) is 16.2. The van der Waals surface area contributed by atoms with Crippen LogP contribution in [0.3, 0.4) is 0 Å². The highest BCUT2D eigenvalue weighted by atomic mass is 16.3. The molecule has 1 amide bonds. The largest absolute Gasteiger partial charge is 0.395 e. The molecule has 0 radical (unpaired) electrons. The summed E-state index contributed by atoms with van der Waals surface area (Å²) < 4.78 is 0. The van der Waals surface area contributed by atoms with Crippen molar-refractivity contribution in [1.82, 2.24) is 15.3 Å². The summed E-state index contributed by atoms with van der Waals surface area (Å²) in [5.41, 5.74) is 2.90. The minimum atomic E-state index is -0.592. The molecule has 1 aromatic heterocycles. The Bertz CT molecular complexity index is 932. The van der Waals surface area contributed by atoms with Crippen molar-refractivity contribution in [3.05, 3.63) is 41.9 Å². The monoisotopic (exact) mass is 393 g/mol. The minimum Gasteiger partial charge on any atom is -0.395 e. The van der Waals surface area contributed by atoms with E-state index < -0.39 is 6.04 Å². The van der Waals surface area contributed by atoms with Crippen molar-refractivity contribution < 1.29 is 14.7 Å². The predicted molar refractivity (Wildman–Crippen MR) is 107 cm³/mol. The van der Waals surface area contributed by atoms with Gasteiger partial charge < -0.3 is 15.7 Å². The number of aliphatic hydroxyl groups excluding tert-OH is 1. The van der Waals surface area contributed by atoms with E-state index in [0.717, 1.165) is 18.4 Å². The van der Waals surface area contributed by atoms with Crippen molar-refractivity contribution in [3.63, 3.8) is 0 Å². The first kappa shape index (κ1) is 20.4. The zero-order chi connectivity index (χ0) is 20.8. The number of carbonyl (C=O) groups is 2.